The Morgan fingerprint density at radius 1 is 1.25 bits per heavy atom. The second-order valence-corrected chi connectivity index (χ2v) is 6.91. The maximum absolute atomic E-state index is 11.3. The maximum Gasteiger partial charge on any atom is 0.261 e. The van der Waals surface area contributed by atoms with Crippen LogP contribution in [-0.2, 0) is 15.7 Å². The topological polar surface area (TPSA) is 82.3 Å². The molecule has 0 aliphatic carbocycles. The van der Waals surface area contributed by atoms with Gasteiger partial charge in [0.25, 0.3) is 9.05 Å². The van der Waals surface area contributed by atoms with Gasteiger partial charge in [-0.2, -0.15) is 4.98 Å². The molecule has 1 heterocycles. The molecule has 6 nitrogen and oxygen atoms in total. The van der Waals surface area contributed by atoms with Crippen LogP contribution >= 0.6 is 10.7 Å². The second kappa shape index (κ2) is 5.41. The van der Waals surface area contributed by atoms with Crippen LogP contribution < -0.4 is 4.74 Å². The van der Waals surface area contributed by atoms with E-state index >= 15 is 0 Å². The van der Waals surface area contributed by atoms with E-state index in [0.29, 0.717) is 28.6 Å². The van der Waals surface area contributed by atoms with Crippen molar-refractivity contribution in [2.75, 3.05) is 0 Å². The fourth-order valence-corrected chi connectivity index (χ4v) is 2.72. The van der Waals surface area contributed by atoms with Crippen LogP contribution in [0.25, 0.3) is 0 Å². The third-order valence-electron chi connectivity index (χ3n) is 2.63. The van der Waals surface area contributed by atoms with Crippen LogP contribution in [0.4, 0.5) is 0 Å². The van der Waals surface area contributed by atoms with Crippen LogP contribution in [-0.4, -0.2) is 18.6 Å². The maximum atomic E-state index is 11.3. The van der Waals surface area contributed by atoms with Gasteiger partial charge in [-0.1, -0.05) is 5.16 Å². The van der Waals surface area contributed by atoms with Gasteiger partial charge in [-0.3, -0.25) is 0 Å². The van der Waals surface area contributed by atoms with Crippen LogP contribution in [0.3, 0.4) is 0 Å². The lowest BCUT2D eigenvalue weighted by Crippen LogP contribution is -2.02. The van der Waals surface area contributed by atoms with E-state index in [1.165, 1.54) is 12.1 Å². The molecule has 8 heteroatoms. The van der Waals surface area contributed by atoms with Crippen LogP contribution in [0.15, 0.2) is 21.6 Å². The minimum atomic E-state index is -3.75. The zero-order valence-corrected chi connectivity index (χ0v) is 12.7. The molecule has 0 radical (unpaired) electrons. The number of rotatable bonds is 4. The fourth-order valence-electron chi connectivity index (χ4n) is 1.82. The standard InChI is InChI=1S/C12H13ClN2O4S/c1-7-4-10(20(13,16)17)5-8(2)12(7)18-6-11-14-9(3)19-15-11/h4-5H,6H2,1-3H3. The van der Waals surface area contributed by atoms with Crippen molar-refractivity contribution >= 4 is 19.7 Å². The molecule has 0 saturated carbocycles. The lowest BCUT2D eigenvalue weighted by atomic mass is 10.1. The molecule has 0 N–H and O–H groups in total. The first kappa shape index (κ1) is 14.8. The minimum absolute atomic E-state index is 0.0527. The van der Waals surface area contributed by atoms with Gasteiger partial charge < -0.3 is 9.26 Å². The van der Waals surface area contributed by atoms with Gasteiger partial charge in [-0.05, 0) is 37.1 Å². The van der Waals surface area contributed by atoms with Gasteiger partial charge >= 0.3 is 0 Å². The number of halogens is 1. The summed E-state index contributed by atoms with van der Waals surface area (Å²) in [5.41, 5.74) is 1.34. The van der Waals surface area contributed by atoms with Crippen LogP contribution in [0, 0.1) is 20.8 Å². The van der Waals surface area contributed by atoms with Crippen molar-refractivity contribution in [1.29, 1.82) is 0 Å². The Bertz CT molecular complexity index is 717. The lowest BCUT2D eigenvalue weighted by molar-refractivity contribution is 0.282. The lowest BCUT2D eigenvalue weighted by Gasteiger charge is -2.11. The number of ether oxygens (including phenoxy) is 1. The van der Waals surface area contributed by atoms with E-state index in [1.807, 2.05) is 0 Å². The largest absolute Gasteiger partial charge is 0.485 e. The molecule has 20 heavy (non-hydrogen) atoms. The molecule has 2 aromatic rings. The Labute approximate surface area is 121 Å². The minimum Gasteiger partial charge on any atom is -0.485 e. The summed E-state index contributed by atoms with van der Waals surface area (Å²) >= 11 is 0. The average molecular weight is 317 g/mol. The van der Waals surface area contributed by atoms with E-state index in [4.69, 9.17) is 19.9 Å². The quantitative estimate of drug-likeness (QED) is 0.806. The van der Waals surface area contributed by atoms with Gasteiger partial charge in [-0.25, -0.2) is 8.42 Å². The zero-order chi connectivity index (χ0) is 14.9. The van der Waals surface area contributed by atoms with Gasteiger partial charge in [-0.15, -0.1) is 0 Å². The number of aryl methyl sites for hydroxylation is 3. The Kier molecular flexibility index (Phi) is 4.01. The highest BCUT2D eigenvalue weighted by molar-refractivity contribution is 8.13. The second-order valence-electron chi connectivity index (χ2n) is 4.34. The normalized spacial score (nSPS) is 11.6. The van der Waals surface area contributed by atoms with Crippen molar-refractivity contribution in [2.45, 2.75) is 32.3 Å². The zero-order valence-electron chi connectivity index (χ0n) is 11.2. The highest BCUT2D eigenvalue weighted by Gasteiger charge is 2.15. The first-order valence-electron chi connectivity index (χ1n) is 5.75. The number of nitrogens with zero attached hydrogens (tertiary/aromatic N) is 2. The number of hydrogen-bond donors (Lipinski definition) is 0. The predicted octanol–water partition coefficient (Wildman–Crippen LogP) is 2.50. The molecule has 0 spiro atoms. The average Bonchev–Trinajstić information content (AvgIpc) is 2.72. The van der Waals surface area contributed by atoms with Gasteiger partial charge in [0.1, 0.15) is 5.75 Å². The summed E-state index contributed by atoms with van der Waals surface area (Å²) in [6.45, 7) is 5.32. The van der Waals surface area contributed by atoms with Crippen LogP contribution in [0.2, 0.25) is 0 Å². The van der Waals surface area contributed by atoms with Crippen molar-refractivity contribution in [1.82, 2.24) is 10.1 Å². The van der Waals surface area contributed by atoms with Gasteiger partial charge in [0, 0.05) is 17.6 Å². The monoisotopic (exact) mass is 316 g/mol. The van der Waals surface area contributed by atoms with Crippen molar-refractivity contribution in [2.24, 2.45) is 0 Å². The smallest absolute Gasteiger partial charge is 0.261 e. The molecule has 1 aromatic heterocycles. The molecule has 2 rings (SSSR count). The molecule has 0 aliphatic rings. The van der Waals surface area contributed by atoms with E-state index in [-0.39, 0.29) is 11.5 Å². The van der Waals surface area contributed by atoms with Crippen LogP contribution in [0.1, 0.15) is 22.8 Å². The molecule has 0 amide bonds. The van der Waals surface area contributed by atoms with E-state index in [1.54, 1.807) is 20.8 Å². The summed E-state index contributed by atoms with van der Waals surface area (Å²) in [6, 6.07) is 2.93. The Hall–Kier alpha value is -1.60. The summed E-state index contributed by atoms with van der Waals surface area (Å²) in [7, 11) is 1.58. The molecule has 0 atom stereocenters. The molecule has 0 aliphatic heterocycles. The summed E-state index contributed by atoms with van der Waals surface area (Å²) in [5.74, 6) is 1.47. The van der Waals surface area contributed by atoms with Gasteiger partial charge in [0.2, 0.25) is 11.7 Å². The number of hydrogen-bond acceptors (Lipinski definition) is 6. The molecule has 0 bridgehead atoms. The fraction of sp³-hybridized carbons (Fsp3) is 0.333. The van der Waals surface area contributed by atoms with Crippen LogP contribution in [0.5, 0.6) is 5.75 Å². The van der Waals surface area contributed by atoms with E-state index in [0.717, 1.165) is 0 Å². The Morgan fingerprint density at radius 3 is 2.30 bits per heavy atom. The third-order valence-corrected chi connectivity index (χ3v) is 3.96. The third kappa shape index (κ3) is 3.29. The van der Waals surface area contributed by atoms with Gasteiger partial charge in [0.05, 0.1) is 4.90 Å². The van der Waals surface area contributed by atoms with Gasteiger partial charge in [0.15, 0.2) is 6.61 Å². The Morgan fingerprint density at radius 2 is 1.85 bits per heavy atom. The van der Waals surface area contributed by atoms with Crippen molar-refractivity contribution in [3.05, 3.63) is 35.0 Å². The van der Waals surface area contributed by atoms with E-state index in [2.05, 4.69) is 10.1 Å². The molecular weight excluding hydrogens is 304 g/mol. The summed E-state index contributed by atoms with van der Waals surface area (Å²) in [6.07, 6.45) is 0. The van der Waals surface area contributed by atoms with E-state index in [9.17, 15) is 8.42 Å². The van der Waals surface area contributed by atoms with E-state index < -0.39 is 9.05 Å². The molecule has 0 unspecified atom stereocenters. The summed E-state index contributed by atoms with van der Waals surface area (Å²) < 4.78 is 33.1. The van der Waals surface area contributed by atoms with Crippen molar-refractivity contribution in [3.63, 3.8) is 0 Å². The molecule has 108 valence electrons. The SMILES string of the molecule is Cc1nc(COc2c(C)cc(S(=O)(=O)Cl)cc2C)no1. The Balaban J connectivity index is 2.25. The molecule has 0 fully saturated rings. The number of benzene rings is 1. The highest BCUT2D eigenvalue weighted by atomic mass is 35.7. The van der Waals surface area contributed by atoms with Crippen molar-refractivity contribution < 1.29 is 17.7 Å². The summed E-state index contributed by atoms with van der Waals surface area (Å²) in [5, 5.41) is 3.72. The molecular formula is C12H13ClN2O4S. The molecule has 0 saturated heterocycles. The first-order valence-corrected chi connectivity index (χ1v) is 8.06. The predicted molar refractivity (Wildman–Crippen MR) is 72.3 cm³/mol. The summed E-state index contributed by atoms with van der Waals surface area (Å²) in [4.78, 5) is 4.07. The first-order chi connectivity index (χ1) is 9.27. The number of aromatic nitrogens is 2. The van der Waals surface area contributed by atoms with Crippen molar-refractivity contribution in [3.8, 4) is 5.75 Å². The highest BCUT2D eigenvalue weighted by Crippen LogP contribution is 2.28. The molecule has 1 aromatic carbocycles.